The summed E-state index contributed by atoms with van der Waals surface area (Å²) in [6, 6.07) is 9.06. The van der Waals surface area contributed by atoms with Crippen molar-refractivity contribution >= 4 is 23.2 Å². The third-order valence-electron chi connectivity index (χ3n) is 3.69. The normalized spacial score (nSPS) is 11.6. The summed E-state index contributed by atoms with van der Waals surface area (Å²) in [5.74, 6) is -0.758. The summed E-state index contributed by atoms with van der Waals surface area (Å²) in [5.41, 5.74) is 0.626. The molecular weight excluding hydrogens is 336 g/mol. The molecule has 0 saturated carbocycles. The average Bonchev–Trinajstić information content (AvgIpc) is 3.17. The van der Waals surface area contributed by atoms with Gasteiger partial charge in [-0.2, -0.15) is 5.10 Å². The number of aromatic amines is 1. The van der Waals surface area contributed by atoms with E-state index in [0.717, 1.165) is 0 Å². The summed E-state index contributed by atoms with van der Waals surface area (Å²) in [4.78, 5) is 42.2. The number of nitrogens with zero attached hydrogens (tertiary/aromatic N) is 3. The fourth-order valence-corrected chi connectivity index (χ4v) is 2.22. The van der Waals surface area contributed by atoms with Crippen LogP contribution in [0.25, 0.3) is 0 Å². The van der Waals surface area contributed by atoms with Crippen molar-refractivity contribution < 1.29 is 9.59 Å². The quantitative estimate of drug-likeness (QED) is 0.641. The lowest BCUT2D eigenvalue weighted by Gasteiger charge is -2.12. The standard InChI is InChI=1S/C17H16N6O3/c1-11(23-10-18-9-20-23)15(24)21-12-4-6-13(7-5-12)22-17(26)14-3-2-8-19-16(14)25/h2-11H,1H3,(H,19,25)(H,21,24)(H,22,26)/t11-/m0/s1. The minimum atomic E-state index is -0.512. The fraction of sp³-hybridized carbons (Fsp3) is 0.118. The number of nitrogens with one attached hydrogen (secondary N) is 3. The SMILES string of the molecule is C[C@@H](C(=O)Nc1ccc(NC(=O)c2ccc[nH]c2=O)cc1)n1cncn1. The summed E-state index contributed by atoms with van der Waals surface area (Å²) in [5, 5.41) is 9.32. The number of H-pyrrole nitrogens is 1. The molecule has 2 heterocycles. The van der Waals surface area contributed by atoms with E-state index in [1.165, 1.54) is 29.6 Å². The third kappa shape index (κ3) is 3.83. The van der Waals surface area contributed by atoms with Gasteiger partial charge in [-0.25, -0.2) is 9.67 Å². The van der Waals surface area contributed by atoms with Crippen LogP contribution in [-0.2, 0) is 4.79 Å². The molecule has 0 radical (unpaired) electrons. The molecule has 0 bridgehead atoms. The smallest absolute Gasteiger partial charge is 0.261 e. The van der Waals surface area contributed by atoms with Gasteiger partial charge in [-0.15, -0.1) is 0 Å². The monoisotopic (exact) mass is 352 g/mol. The lowest BCUT2D eigenvalue weighted by atomic mass is 10.2. The Labute approximate surface area is 148 Å². The number of amides is 2. The van der Waals surface area contributed by atoms with Crippen LogP contribution in [0, 0.1) is 0 Å². The number of hydrogen-bond acceptors (Lipinski definition) is 5. The first-order valence-electron chi connectivity index (χ1n) is 7.78. The predicted octanol–water partition coefficient (Wildman–Crippen LogP) is 1.42. The van der Waals surface area contributed by atoms with Crippen LogP contribution in [0.2, 0.25) is 0 Å². The summed E-state index contributed by atoms with van der Waals surface area (Å²) in [7, 11) is 0. The average molecular weight is 352 g/mol. The molecule has 2 aromatic heterocycles. The largest absolute Gasteiger partial charge is 0.328 e. The number of rotatable bonds is 5. The van der Waals surface area contributed by atoms with Gasteiger partial charge < -0.3 is 15.6 Å². The van der Waals surface area contributed by atoms with Crippen LogP contribution < -0.4 is 16.2 Å². The van der Waals surface area contributed by atoms with Gasteiger partial charge in [0.05, 0.1) is 0 Å². The Morgan fingerprint density at radius 1 is 1.12 bits per heavy atom. The van der Waals surface area contributed by atoms with E-state index in [0.29, 0.717) is 11.4 Å². The molecule has 0 aliphatic rings. The molecular formula is C17H16N6O3. The molecule has 3 rings (SSSR count). The first-order chi connectivity index (χ1) is 12.5. The van der Waals surface area contributed by atoms with E-state index in [1.807, 2.05) is 0 Å². The number of anilines is 2. The first kappa shape index (κ1) is 17.1. The second kappa shape index (κ2) is 7.43. The second-order valence-corrected chi connectivity index (χ2v) is 5.49. The molecule has 0 aliphatic heterocycles. The maximum Gasteiger partial charge on any atom is 0.261 e. The highest BCUT2D eigenvalue weighted by atomic mass is 16.2. The van der Waals surface area contributed by atoms with Gasteiger partial charge in [-0.05, 0) is 43.3 Å². The number of aromatic nitrogens is 4. The molecule has 9 heteroatoms. The highest BCUT2D eigenvalue weighted by Gasteiger charge is 2.15. The minimum absolute atomic E-state index is 0.0199. The Morgan fingerprint density at radius 2 is 1.81 bits per heavy atom. The van der Waals surface area contributed by atoms with Crippen molar-refractivity contribution in [2.75, 3.05) is 10.6 Å². The number of benzene rings is 1. The molecule has 132 valence electrons. The summed E-state index contributed by atoms with van der Waals surface area (Å²) in [6.07, 6.45) is 4.28. The van der Waals surface area contributed by atoms with E-state index in [2.05, 4.69) is 25.7 Å². The lowest BCUT2D eigenvalue weighted by molar-refractivity contribution is -0.119. The zero-order valence-electron chi connectivity index (χ0n) is 13.8. The van der Waals surface area contributed by atoms with Gasteiger partial charge >= 0.3 is 0 Å². The topological polar surface area (TPSA) is 122 Å². The van der Waals surface area contributed by atoms with Crippen LogP contribution in [0.15, 0.2) is 60.0 Å². The molecule has 3 aromatic rings. The Kier molecular flexibility index (Phi) is 4.88. The number of carbonyl (C=O) groups is 2. The lowest BCUT2D eigenvalue weighted by Crippen LogP contribution is -2.24. The molecule has 0 aliphatic carbocycles. The van der Waals surface area contributed by atoms with Gasteiger partial charge in [-0.3, -0.25) is 14.4 Å². The molecule has 0 saturated heterocycles. The Hall–Kier alpha value is -3.75. The van der Waals surface area contributed by atoms with Gasteiger partial charge in [0.15, 0.2) is 0 Å². The zero-order valence-corrected chi connectivity index (χ0v) is 13.8. The first-order valence-corrected chi connectivity index (χ1v) is 7.78. The van der Waals surface area contributed by atoms with Crippen molar-refractivity contribution in [2.24, 2.45) is 0 Å². The highest BCUT2D eigenvalue weighted by Crippen LogP contribution is 2.16. The Morgan fingerprint density at radius 3 is 2.42 bits per heavy atom. The van der Waals surface area contributed by atoms with Crippen LogP contribution in [-0.4, -0.2) is 31.6 Å². The number of hydrogen-bond donors (Lipinski definition) is 3. The molecule has 26 heavy (non-hydrogen) atoms. The van der Waals surface area contributed by atoms with Crippen LogP contribution >= 0.6 is 0 Å². The van der Waals surface area contributed by atoms with Gasteiger partial charge in [0.1, 0.15) is 24.3 Å². The molecule has 9 nitrogen and oxygen atoms in total. The molecule has 0 fully saturated rings. The fourth-order valence-electron chi connectivity index (χ4n) is 2.22. The maximum atomic E-state index is 12.2. The van der Waals surface area contributed by atoms with E-state index in [4.69, 9.17) is 0 Å². The number of carbonyl (C=O) groups excluding carboxylic acids is 2. The molecule has 2 amide bonds. The molecule has 1 atom stereocenters. The highest BCUT2D eigenvalue weighted by molar-refractivity contribution is 6.04. The Bertz CT molecular complexity index is 963. The van der Waals surface area contributed by atoms with E-state index < -0.39 is 17.5 Å². The zero-order chi connectivity index (χ0) is 18.5. The van der Waals surface area contributed by atoms with Crippen molar-refractivity contribution in [1.29, 1.82) is 0 Å². The van der Waals surface area contributed by atoms with Crippen LogP contribution in [0.5, 0.6) is 0 Å². The minimum Gasteiger partial charge on any atom is -0.328 e. The summed E-state index contributed by atoms with van der Waals surface area (Å²) in [6.45, 7) is 1.70. The summed E-state index contributed by atoms with van der Waals surface area (Å²) >= 11 is 0. The van der Waals surface area contributed by atoms with E-state index in [1.54, 1.807) is 37.3 Å². The van der Waals surface area contributed by atoms with Crippen molar-refractivity contribution in [3.8, 4) is 0 Å². The molecule has 3 N–H and O–H groups in total. The Balaban J connectivity index is 1.63. The van der Waals surface area contributed by atoms with Crippen molar-refractivity contribution in [3.05, 3.63) is 71.2 Å². The van der Waals surface area contributed by atoms with Crippen LogP contribution in [0.1, 0.15) is 23.3 Å². The third-order valence-corrected chi connectivity index (χ3v) is 3.69. The van der Waals surface area contributed by atoms with Gasteiger partial charge in [0.25, 0.3) is 11.5 Å². The maximum absolute atomic E-state index is 12.2. The van der Waals surface area contributed by atoms with Crippen LogP contribution in [0.4, 0.5) is 11.4 Å². The molecule has 0 spiro atoms. The predicted molar refractivity (Wildman–Crippen MR) is 94.8 cm³/mol. The van der Waals surface area contributed by atoms with E-state index in [-0.39, 0.29) is 11.5 Å². The summed E-state index contributed by atoms with van der Waals surface area (Å²) < 4.78 is 1.45. The molecule has 1 aromatic carbocycles. The van der Waals surface area contributed by atoms with Gasteiger partial charge in [-0.1, -0.05) is 0 Å². The van der Waals surface area contributed by atoms with Gasteiger partial charge in [0, 0.05) is 17.6 Å². The van der Waals surface area contributed by atoms with E-state index in [9.17, 15) is 14.4 Å². The van der Waals surface area contributed by atoms with Gasteiger partial charge in [0.2, 0.25) is 5.91 Å². The number of pyridine rings is 1. The second-order valence-electron chi connectivity index (χ2n) is 5.49. The van der Waals surface area contributed by atoms with Crippen molar-refractivity contribution in [3.63, 3.8) is 0 Å². The van der Waals surface area contributed by atoms with Crippen LogP contribution in [0.3, 0.4) is 0 Å². The van der Waals surface area contributed by atoms with Crippen molar-refractivity contribution in [1.82, 2.24) is 19.7 Å². The molecule has 0 unspecified atom stereocenters. The van der Waals surface area contributed by atoms with Crippen molar-refractivity contribution in [2.45, 2.75) is 13.0 Å². The van der Waals surface area contributed by atoms with E-state index >= 15 is 0 Å².